The Morgan fingerprint density at radius 2 is 2.08 bits per heavy atom. The Bertz CT molecular complexity index is 875. The summed E-state index contributed by atoms with van der Waals surface area (Å²) in [6.45, 7) is 2.57. The van der Waals surface area contributed by atoms with Crippen LogP contribution in [0, 0.1) is 5.92 Å². The van der Waals surface area contributed by atoms with Gasteiger partial charge in [0.05, 0.1) is 6.54 Å². The van der Waals surface area contributed by atoms with Crippen LogP contribution >= 0.6 is 0 Å². The minimum atomic E-state index is 0.0540. The first-order valence-electron chi connectivity index (χ1n) is 9.09. The number of nitrogens with zero attached hydrogens (tertiary/aromatic N) is 4. The van der Waals surface area contributed by atoms with E-state index in [2.05, 4.69) is 11.1 Å². The van der Waals surface area contributed by atoms with E-state index in [9.17, 15) is 9.59 Å². The van der Waals surface area contributed by atoms with Gasteiger partial charge in [0.25, 0.3) is 5.56 Å². The van der Waals surface area contributed by atoms with Gasteiger partial charge in [0, 0.05) is 54.8 Å². The number of carbonyl (C=O) groups is 1. The molecule has 4 heterocycles. The number of carbonyl (C=O) groups excluding carboxylic acids is 1. The van der Waals surface area contributed by atoms with E-state index in [4.69, 9.17) is 0 Å². The summed E-state index contributed by atoms with van der Waals surface area (Å²) in [6, 6.07) is 7.74. The molecule has 1 saturated heterocycles. The lowest BCUT2D eigenvalue weighted by molar-refractivity contribution is -0.134. The fourth-order valence-electron chi connectivity index (χ4n) is 4.26. The predicted molar refractivity (Wildman–Crippen MR) is 99.9 cm³/mol. The van der Waals surface area contributed by atoms with Gasteiger partial charge >= 0.3 is 0 Å². The van der Waals surface area contributed by atoms with Gasteiger partial charge < -0.3 is 14.4 Å². The molecule has 1 amide bonds. The summed E-state index contributed by atoms with van der Waals surface area (Å²) in [4.78, 5) is 33.5. The Kier molecular flexibility index (Phi) is 4.36. The molecule has 26 heavy (non-hydrogen) atoms. The monoisotopic (exact) mass is 352 g/mol. The molecule has 0 N–H and O–H groups in total. The van der Waals surface area contributed by atoms with Crippen LogP contribution in [0.5, 0.6) is 0 Å². The van der Waals surface area contributed by atoms with Crippen molar-refractivity contribution in [2.75, 3.05) is 33.7 Å². The molecule has 2 aromatic heterocycles. The average Bonchev–Trinajstić information content (AvgIpc) is 2.62. The number of hydrogen-bond donors (Lipinski definition) is 0. The third-order valence-corrected chi connectivity index (χ3v) is 5.38. The first-order chi connectivity index (χ1) is 12.5. The van der Waals surface area contributed by atoms with Crippen molar-refractivity contribution in [3.63, 3.8) is 0 Å². The van der Waals surface area contributed by atoms with Crippen molar-refractivity contribution in [2.24, 2.45) is 5.92 Å². The van der Waals surface area contributed by atoms with E-state index < -0.39 is 0 Å². The second-order valence-corrected chi connectivity index (χ2v) is 7.66. The second-order valence-electron chi connectivity index (χ2n) is 7.66. The summed E-state index contributed by atoms with van der Waals surface area (Å²) in [5.74, 6) is 0.756. The molecule has 6 nitrogen and oxygen atoms in total. The van der Waals surface area contributed by atoms with Gasteiger partial charge in [-0.3, -0.25) is 14.6 Å². The van der Waals surface area contributed by atoms with Crippen LogP contribution in [0.4, 0.5) is 0 Å². The lowest BCUT2D eigenvalue weighted by Gasteiger charge is -2.43. The number of fused-ring (bicyclic) bond motifs is 4. The number of piperidine rings is 1. The number of amides is 1. The number of hydrogen-bond acceptors (Lipinski definition) is 4. The maximum absolute atomic E-state index is 13.1. The third kappa shape index (κ3) is 3.05. The molecule has 2 atom stereocenters. The highest BCUT2D eigenvalue weighted by Crippen LogP contribution is 2.35. The van der Waals surface area contributed by atoms with Crippen LogP contribution in [0.3, 0.4) is 0 Å². The van der Waals surface area contributed by atoms with Crippen LogP contribution in [0.2, 0.25) is 0 Å². The molecule has 136 valence electrons. The summed E-state index contributed by atoms with van der Waals surface area (Å²) < 4.78 is 1.93. The Morgan fingerprint density at radius 1 is 1.23 bits per heavy atom. The Morgan fingerprint density at radius 3 is 2.81 bits per heavy atom. The van der Waals surface area contributed by atoms with Crippen LogP contribution in [0.1, 0.15) is 18.0 Å². The van der Waals surface area contributed by atoms with Crippen molar-refractivity contribution in [1.29, 1.82) is 0 Å². The molecular formula is C20H24N4O2. The van der Waals surface area contributed by atoms with Crippen molar-refractivity contribution in [3.8, 4) is 11.1 Å². The van der Waals surface area contributed by atoms with Crippen LogP contribution in [0.25, 0.3) is 11.1 Å². The zero-order valence-electron chi connectivity index (χ0n) is 15.3. The van der Waals surface area contributed by atoms with Crippen molar-refractivity contribution in [3.05, 3.63) is 52.7 Å². The highest BCUT2D eigenvalue weighted by Gasteiger charge is 2.36. The van der Waals surface area contributed by atoms with E-state index in [1.807, 2.05) is 46.7 Å². The third-order valence-electron chi connectivity index (χ3n) is 5.38. The maximum atomic E-state index is 13.1. The number of pyridine rings is 2. The fraction of sp³-hybridized carbons (Fsp3) is 0.450. The average molecular weight is 352 g/mol. The van der Waals surface area contributed by atoms with Crippen LogP contribution in [-0.4, -0.2) is 59.0 Å². The lowest BCUT2D eigenvalue weighted by atomic mass is 9.82. The zero-order valence-corrected chi connectivity index (χ0v) is 15.3. The Labute approximate surface area is 153 Å². The van der Waals surface area contributed by atoms with Crippen LogP contribution < -0.4 is 5.56 Å². The molecule has 2 bridgehead atoms. The smallest absolute Gasteiger partial charge is 0.258 e. The maximum Gasteiger partial charge on any atom is 0.258 e. The fourth-order valence-corrected chi connectivity index (χ4v) is 4.26. The van der Waals surface area contributed by atoms with Gasteiger partial charge in [-0.1, -0.05) is 6.07 Å². The molecule has 0 aliphatic carbocycles. The van der Waals surface area contributed by atoms with Crippen LogP contribution in [0.15, 0.2) is 41.5 Å². The quantitative estimate of drug-likeness (QED) is 0.838. The molecule has 0 unspecified atom stereocenters. The first kappa shape index (κ1) is 17.0. The molecule has 0 radical (unpaired) electrons. The van der Waals surface area contributed by atoms with E-state index in [0.29, 0.717) is 31.1 Å². The number of likely N-dealkylation sites (N-methyl/N-ethyl adjacent to an activating group) is 1. The number of likely N-dealkylation sites (tertiary alicyclic amines) is 1. The molecule has 2 aliphatic heterocycles. The minimum Gasteiger partial charge on any atom is -0.341 e. The van der Waals surface area contributed by atoms with E-state index in [-0.39, 0.29) is 17.4 Å². The SMILES string of the molecule is CN(C)CC(=O)N1C[C@H]2C[C@H](C1)c1ccc(-c3cccnc3)c(=O)n1C2. The van der Waals surface area contributed by atoms with Gasteiger partial charge in [0.2, 0.25) is 5.91 Å². The van der Waals surface area contributed by atoms with Crippen molar-refractivity contribution < 1.29 is 4.79 Å². The molecule has 0 aromatic carbocycles. The molecular weight excluding hydrogens is 328 g/mol. The number of aromatic nitrogens is 2. The van der Waals surface area contributed by atoms with Crippen LogP contribution in [-0.2, 0) is 11.3 Å². The number of rotatable bonds is 3. The zero-order chi connectivity index (χ0) is 18.3. The van der Waals surface area contributed by atoms with Gasteiger partial charge in [0.1, 0.15) is 0 Å². The largest absolute Gasteiger partial charge is 0.341 e. The van der Waals surface area contributed by atoms with Crippen molar-refractivity contribution in [2.45, 2.75) is 18.9 Å². The van der Waals surface area contributed by atoms with E-state index >= 15 is 0 Å². The summed E-state index contributed by atoms with van der Waals surface area (Å²) in [5, 5.41) is 0. The van der Waals surface area contributed by atoms with Gasteiger partial charge in [-0.05, 0) is 44.6 Å². The van der Waals surface area contributed by atoms with E-state index in [1.165, 1.54) is 0 Å². The molecule has 4 rings (SSSR count). The van der Waals surface area contributed by atoms with Gasteiger partial charge in [-0.25, -0.2) is 0 Å². The normalized spacial score (nSPS) is 21.6. The highest BCUT2D eigenvalue weighted by atomic mass is 16.2. The Hall–Kier alpha value is -2.47. The Balaban J connectivity index is 1.65. The second kappa shape index (κ2) is 6.68. The van der Waals surface area contributed by atoms with Crippen molar-refractivity contribution >= 4 is 5.91 Å². The topological polar surface area (TPSA) is 58.4 Å². The van der Waals surface area contributed by atoms with Gasteiger partial charge in [-0.2, -0.15) is 0 Å². The molecule has 0 spiro atoms. The minimum absolute atomic E-state index is 0.0540. The molecule has 2 aliphatic rings. The van der Waals surface area contributed by atoms with Crippen molar-refractivity contribution in [1.82, 2.24) is 19.4 Å². The van der Waals surface area contributed by atoms with Gasteiger partial charge in [0.15, 0.2) is 0 Å². The predicted octanol–water partition coefficient (Wildman–Crippen LogP) is 1.42. The molecule has 0 saturated carbocycles. The standard InChI is InChI=1S/C20H24N4O2/c1-22(2)13-19(25)23-10-14-8-16(12-23)18-6-5-17(20(26)24(18)11-14)15-4-3-7-21-9-15/h3-7,9,14,16H,8,10-13H2,1-2H3/t14-,16-/m1/s1. The highest BCUT2D eigenvalue weighted by molar-refractivity contribution is 5.78. The summed E-state index contributed by atoms with van der Waals surface area (Å²) in [7, 11) is 3.83. The molecule has 6 heteroatoms. The first-order valence-corrected chi connectivity index (χ1v) is 9.09. The molecule has 2 aromatic rings. The van der Waals surface area contributed by atoms with Gasteiger partial charge in [-0.15, -0.1) is 0 Å². The summed E-state index contributed by atoms with van der Waals surface area (Å²) >= 11 is 0. The van der Waals surface area contributed by atoms with E-state index in [1.54, 1.807) is 12.4 Å². The lowest BCUT2D eigenvalue weighted by Crippen LogP contribution is -2.51. The summed E-state index contributed by atoms with van der Waals surface area (Å²) in [6.07, 6.45) is 4.50. The van der Waals surface area contributed by atoms with E-state index in [0.717, 1.165) is 24.2 Å². The molecule has 1 fully saturated rings. The summed E-state index contributed by atoms with van der Waals surface area (Å²) in [5.41, 5.74) is 2.66.